The third-order valence-corrected chi connectivity index (χ3v) is 2.26. The van der Waals surface area contributed by atoms with Gasteiger partial charge < -0.3 is 13.9 Å². The molecular formula is C15H12O4. The second kappa shape index (κ2) is 6.31. The van der Waals surface area contributed by atoms with Gasteiger partial charge in [-0.3, -0.25) is 0 Å². The van der Waals surface area contributed by atoms with Crippen LogP contribution in [0.5, 0.6) is 5.75 Å². The molecule has 0 spiro atoms. The van der Waals surface area contributed by atoms with Crippen molar-refractivity contribution in [2.75, 3.05) is 7.11 Å². The van der Waals surface area contributed by atoms with Crippen LogP contribution in [-0.2, 0) is 16.1 Å². The lowest BCUT2D eigenvalue weighted by Gasteiger charge is -2.02. The van der Waals surface area contributed by atoms with Crippen LogP contribution < -0.4 is 4.74 Å². The van der Waals surface area contributed by atoms with Gasteiger partial charge in [-0.05, 0) is 30.2 Å². The van der Waals surface area contributed by atoms with Gasteiger partial charge in [-0.15, -0.1) is 0 Å². The molecule has 0 atom stereocenters. The average Bonchev–Trinajstić information content (AvgIpc) is 2.91. The number of para-hydroxylation sites is 1. The molecular weight excluding hydrogens is 244 g/mol. The van der Waals surface area contributed by atoms with Gasteiger partial charge >= 0.3 is 5.97 Å². The summed E-state index contributed by atoms with van der Waals surface area (Å²) in [5, 5.41) is 0. The van der Waals surface area contributed by atoms with Gasteiger partial charge in [0, 0.05) is 5.92 Å². The van der Waals surface area contributed by atoms with Gasteiger partial charge in [0.2, 0.25) is 0 Å². The molecule has 0 aliphatic carbocycles. The number of carbonyl (C=O) groups is 1. The summed E-state index contributed by atoms with van der Waals surface area (Å²) >= 11 is 0. The molecule has 1 heterocycles. The highest BCUT2D eigenvalue weighted by atomic mass is 16.5. The number of carbonyl (C=O) groups excluding carboxylic acids is 1. The van der Waals surface area contributed by atoms with Crippen molar-refractivity contribution >= 4 is 5.97 Å². The van der Waals surface area contributed by atoms with Crippen molar-refractivity contribution in [3.05, 3.63) is 54.0 Å². The van der Waals surface area contributed by atoms with E-state index >= 15 is 0 Å². The smallest absolute Gasteiger partial charge is 0.384 e. The summed E-state index contributed by atoms with van der Waals surface area (Å²) in [6.07, 6.45) is 0. The normalized spacial score (nSPS) is 9.32. The maximum Gasteiger partial charge on any atom is 0.384 e. The summed E-state index contributed by atoms with van der Waals surface area (Å²) in [4.78, 5) is 10.8. The monoisotopic (exact) mass is 256 g/mol. The highest BCUT2D eigenvalue weighted by Gasteiger charge is 2.01. The Morgan fingerprint density at radius 3 is 2.74 bits per heavy atom. The zero-order valence-corrected chi connectivity index (χ0v) is 10.4. The van der Waals surface area contributed by atoms with Gasteiger partial charge in [-0.25, -0.2) is 4.79 Å². The van der Waals surface area contributed by atoms with E-state index in [1.807, 2.05) is 30.3 Å². The maximum atomic E-state index is 10.8. The lowest BCUT2D eigenvalue weighted by Crippen LogP contribution is -1.94. The van der Waals surface area contributed by atoms with Gasteiger partial charge in [0.05, 0.1) is 7.11 Å². The maximum absolute atomic E-state index is 10.8. The van der Waals surface area contributed by atoms with Crippen LogP contribution in [0.1, 0.15) is 11.5 Å². The number of ether oxygens (including phenoxy) is 2. The molecule has 1 aromatic carbocycles. The van der Waals surface area contributed by atoms with Crippen molar-refractivity contribution in [2.24, 2.45) is 0 Å². The third-order valence-electron chi connectivity index (χ3n) is 2.26. The summed E-state index contributed by atoms with van der Waals surface area (Å²) in [5.41, 5.74) is 0. The second-order valence-corrected chi connectivity index (χ2v) is 3.61. The highest BCUT2D eigenvalue weighted by molar-refractivity contribution is 5.88. The van der Waals surface area contributed by atoms with Gasteiger partial charge in [0.15, 0.2) is 5.76 Å². The fourth-order valence-electron chi connectivity index (χ4n) is 1.36. The van der Waals surface area contributed by atoms with E-state index in [4.69, 9.17) is 9.15 Å². The van der Waals surface area contributed by atoms with Crippen LogP contribution in [0.15, 0.2) is 46.9 Å². The number of furan rings is 1. The number of hydrogen-bond acceptors (Lipinski definition) is 4. The van der Waals surface area contributed by atoms with Crippen LogP contribution in [0.3, 0.4) is 0 Å². The van der Waals surface area contributed by atoms with E-state index in [1.54, 1.807) is 12.1 Å². The van der Waals surface area contributed by atoms with Crippen molar-refractivity contribution in [3.8, 4) is 17.6 Å². The van der Waals surface area contributed by atoms with Crippen molar-refractivity contribution in [1.82, 2.24) is 0 Å². The minimum Gasteiger partial charge on any atom is -0.486 e. The number of esters is 1. The fraction of sp³-hybridized carbons (Fsp3) is 0.133. The first-order chi connectivity index (χ1) is 9.28. The van der Waals surface area contributed by atoms with Crippen LogP contribution in [0.25, 0.3) is 0 Å². The standard InChI is InChI=1S/C15H12O4/c1-17-15(16)10-9-13-7-8-14(19-13)11-18-12-5-3-2-4-6-12/h2-8H,11H2,1H3. The number of methoxy groups -OCH3 is 1. The molecule has 0 unspecified atom stereocenters. The van der Waals surface area contributed by atoms with E-state index < -0.39 is 5.97 Å². The first-order valence-corrected chi connectivity index (χ1v) is 5.64. The lowest BCUT2D eigenvalue weighted by molar-refractivity contribution is -0.133. The van der Waals surface area contributed by atoms with Crippen LogP contribution in [0, 0.1) is 11.8 Å². The molecule has 0 bridgehead atoms. The van der Waals surface area contributed by atoms with Crippen LogP contribution in [-0.4, -0.2) is 13.1 Å². The van der Waals surface area contributed by atoms with E-state index in [-0.39, 0.29) is 0 Å². The van der Waals surface area contributed by atoms with Crippen molar-refractivity contribution < 1.29 is 18.7 Å². The lowest BCUT2D eigenvalue weighted by atomic mass is 10.3. The Hall–Kier alpha value is -2.67. The van der Waals surface area contributed by atoms with E-state index in [9.17, 15) is 4.79 Å². The SMILES string of the molecule is COC(=O)C#Cc1ccc(COc2ccccc2)o1. The predicted molar refractivity (Wildman–Crippen MR) is 68.4 cm³/mol. The third kappa shape index (κ3) is 3.93. The Morgan fingerprint density at radius 1 is 1.21 bits per heavy atom. The minimum absolute atomic E-state index is 0.309. The molecule has 0 saturated carbocycles. The molecule has 2 rings (SSSR count). The number of benzene rings is 1. The molecule has 0 radical (unpaired) electrons. The van der Waals surface area contributed by atoms with Gasteiger partial charge in [0.25, 0.3) is 0 Å². The Labute approximate surface area is 110 Å². The van der Waals surface area contributed by atoms with Crippen molar-refractivity contribution in [1.29, 1.82) is 0 Å². The molecule has 19 heavy (non-hydrogen) atoms. The second-order valence-electron chi connectivity index (χ2n) is 3.61. The average molecular weight is 256 g/mol. The predicted octanol–water partition coefficient (Wildman–Crippen LogP) is 2.38. The fourth-order valence-corrected chi connectivity index (χ4v) is 1.36. The summed E-state index contributed by atoms with van der Waals surface area (Å²) in [5.74, 6) is 6.06. The van der Waals surface area contributed by atoms with E-state index in [2.05, 4.69) is 16.6 Å². The zero-order chi connectivity index (χ0) is 13.5. The van der Waals surface area contributed by atoms with E-state index in [0.29, 0.717) is 18.1 Å². The van der Waals surface area contributed by atoms with Crippen molar-refractivity contribution in [2.45, 2.75) is 6.61 Å². The Kier molecular flexibility index (Phi) is 4.25. The molecule has 0 amide bonds. The summed E-state index contributed by atoms with van der Waals surface area (Å²) in [6, 6.07) is 12.9. The molecule has 0 N–H and O–H groups in total. The van der Waals surface area contributed by atoms with E-state index in [0.717, 1.165) is 5.75 Å². The largest absolute Gasteiger partial charge is 0.486 e. The Morgan fingerprint density at radius 2 is 2.00 bits per heavy atom. The molecule has 4 nitrogen and oxygen atoms in total. The first-order valence-electron chi connectivity index (χ1n) is 5.64. The molecule has 0 aliphatic rings. The molecule has 0 fully saturated rings. The van der Waals surface area contributed by atoms with Gasteiger partial charge in [-0.1, -0.05) is 18.2 Å². The Balaban J connectivity index is 1.94. The van der Waals surface area contributed by atoms with Crippen molar-refractivity contribution in [3.63, 3.8) is 0 Å². The summed E-state index contributed by atoms with van der Waals surface area (Å²) in [6.45, 7) is 0.309. The summed E-state index contributed by atoms with van der Waals surface area (Å²) < 4.78 is 15.3. The molecule has 0 saturated heterocycles. The van der Waals surface area contributed by atoms with Gasteiger partial charge in [-0.2, -0.15) is 0 Å². The molecule has 2 aromatic rings. The number of rotatable bonds is 3. The van der Waals surface area contributed by atoms with Crippen LogP contribution in [0.4, 0.5) is 0 Å². The quantitative estimate of drug-likeness (QED) is 0.625. The Bertz CT molecular complexity index is 602. The zero-order valence-electron chi connectivity index (χ0n) is 10.4. The summed E-state index contributed by atoms with van der Waals surface area (Å²) in [7, 11) is 1.28. The van der Waals surface area contributed by atoms with Crippen LogP contribution >= 0.6 is 0 Å². The highest BCUT2D eigenvalue weighted by Crippen LogP contribution is 2.13. The molecule has 4 heteroatoms. The molecule has 1 aromatic heterocycles. The van der Waals surface area contributed by atoms with E-state index in [1.165, 1.54) is 7.11 Å². The molecule has 0 aliphatic heterocycles. The number of hydrogen-bond donors (Lipinski definition) is 0. The van der Waals surface area contributed by atoms with Gasteiger partial charge in [0.1, 0.15) is 18.1 Å². The van der Waals surface area contributed by atoms with Crippen LogP contribution in [0.2, 0.25) is 0 Å². The topological polar surface area (TPSA) is 48.7 Å². The minimum atomic E-state index is -0.599. The molecule has 96 valence electrons. The first kappa shape index (κ1) is 12.8.